The maximum absolute atomic E-state index is 6.05. The van der Waals surface area contributed by atoms with Crippen LogP contribution >= 0.6 is 0 Å². The second-order valence-corrected chi connectivity index (χ2v) is 5.95. The minimum atomic E-state index is 0.235. The third-order valence-corrected chi connectivity index (χ3v) is 4.03. The van der Waals surface area contributed by atoms with Gasteiger partial charge in [0, 0.05) is 18.6 Å². The van der Waals surface area contributed by atoms with Gasteiger partial charge in [0.1, 0.15) is 0 Å². The van der Waals surface area contributed by atoms with Gasteiger partial charge in [-0.25, -0.2) is 0 Å². The summed E-state index contributed by atoms with van der Waals surface area (Å²) >= 11 is 0. The summed E-state index contributed by atoms with van der Waals surface area (Å²) in [6.07, 6.45) is 5.52. The van der Waals surface area contributed by atoms with Crippen LogP contribution in [0.3, 0.4) is 0 Å². The normalized spacial score (nSPS) is 27.4. The lowest BCUT2D eigenvalue weighted by Gasteiger charge is -2.37. The van der Waals surface area contributed by atoms with Crippen LogP contribution in [0, 0.1) is 5.41 Å². The highest BCUT2D eigenvalue weighted by Gasteiger charge is 2.28. The van der Waals surface area contributed by atoms with Crippen molar-refractivity contribution in [2.24, 2.45) is 11.1 Å². The van der Waals surface area contributed by atoms with Gasteiger partial charge in [0.2, 0.25) is 0 Å². The van der Waals surface area contributed by atoms with Gasteiger partial charge in [-0.3, -0.25) is 0 Å². The number of hydrogen-bond acceptors (Lipinski definition) is 2. The summed E-state index contributed by atoms with van der Waals surface area (Å²) in [5, 5.41) is 0. The molecule has 0 bridgehead atoms. The van der Waals surface area contributed by atoms with Gasteiger partial charge in [0.25, 0.3) is 0 Å². The molecular weight excluding hydrogens is 184 g/mol. The van der Waals surface area contributed by atoms with Gasteiger partial charge in [-0.2, -0.15) is 0 Å². The zero-order valence-corrected chi connectivity index (χ0v) is 10.9. The molecule has 0 aromatic carbocycles. The molecule has 1 saturated heterocycles. The third kappa shape index (κ3) is 3.76. The molecular formula is C13H28N2. The quantitative estimate of drug-likeness (QED) is 0.779. The first-order chi connectivity index (χ1) is 6.93. The van der Waals surface area contributed by atoms with Crippen LogP contribution in [0.4, 0.5) is 0 Å². The Kier molecular flexibility index (Phi) is 4.60. The summed E-state index contributed by atoms with van der Waals surface area (Å²) < 4.78 is 0. The highest BCUT2D eigenvalue weighted by Crippen LogP contribution is 2.25. The molecule has 2 atom stereocenters. The Bertz CT molecular complexity index is 187. The van der Waals surface area contributed by atoms with Crippen LogP contribution in [-0.2, 0) is 0 Å². The molecule has 15 heavy (non-hydrogen) atoms. The van der Waals surface area contributed by atoms with Gasteiger partial charge >= 0.3 is 0 Å². The van der Waals surface area contributed by atoms with Crippen LogP contribution in [0.2, 0.25) is 0 Å². The number of nitrogens with zero attached hydrogens (tertiary/aromatic N) is 1. The maximum atomic E-state index is 6.05. The predicted molar refractivity (Wildman–Crippen MR) is 66.9 cm³/mol. The van der Waals surface area contributed by atoms with Crippen LogP contribution in [-0.4, -0.2) is 30.1 Å². The monoisotopic (exact) mass is 212 g/mol. The molecule has 90 valence electrons. The minimum Gasteiger partial charge on any atom is -0.327 e. The van der Waals surface area contributed by atoms with E-state index in [0.29, 0.717) is 0 Å². The molecule has 0 aromatic heterocycles. The lowest BCUT2D eigenvalue weighted by atomic mass is 9.85. The molecule has 1 rings (SSSR count). The molecule has 1 aliphatic rings. The van der Waals surface area contributed by atoms with E-state index in [1.165, 1.54) is 32.2 Å². The number of nitrogens with two attached hydrogens (primary N) is 1. The summed E-state index contributed by atoms with van der Waals surface area (Å²) in [4.78, 5) is 2.64. The smallest absolute Gasteiger partial charge is 0.00739 e. The van der Waals surface area contributed by atoms with Crippen molar-refractivity contribution in [2.75, 3.05) is 13.1 Å². The van der Waals surface area contributed by atoms with Crippen molar-refractivity contribution in [3.63, 3.8) is 0 Å². The van der Waals surface area contributed by atoms with Crippen LogP contribution in [0.25, 0.3) is 0 Å². The van der Waals surface area contributed by atoms with Crippen molar-refractivity contribution < 1.29 is 0 Å². The Balaban J connectivity index is 2.54. The maximum Gasteiger partial charge on any atom is 0.00739 e. The van der Waals surface area contributed by atoms with Crippen LogP contribution in [0.15, 0.2) is 0 Å². The Hall–Kier alpha value is -0.0800. The van der Waals surface area contributed by atoms with Gasteiger partial charge in [0.05, 0.1) is 0 Å². The summed E-state index contributed by atoms with van der Waals surface area (Å²) in [5.74, 6) is 0. The van der Waals surface area contributed by atoms with Crippen molar-refractivity contribution in [3.05, 3.63) is 0 Å². The molecule has 2 heteroatoms. The molecule has 2 unspecified atom stereocenters. The Morgan fingerprint density at radius 1 is 1.33 bits per heavy atom. The van der Waals surface area contributed by atoms with Crippen molar-refractivity contribution >= 4 is 0 Å². The topological polar surface area (TPSA) is 29.3 Å². The lowest BCUT2D eigenvalue weighted by molar-refractivity contribution is 0.124. The zero-order valence-electron chi connectivity index (χ0n) is 10.9. The Morgan fingerprint density at radius 2 is 2.00 bits per heavy atom. The summed E-state index contributed by atoms with van der Waals surface area (Å²) in [7, 11) is 0. The first-order valence-electron chi connectivity index (χ1n) is 6.43. The molecule has 0 amide bonds. The minimum absolute atomic E-state index is 0.235. The fraction of sp³-hybridized carbons (Fsp3) is 1.00. The first-order valence-corrected chi connectivity index (χ1v) is 6.43. The second kappa shape index (κ2) is 5.31. The van der Waals surface area contributed by atoms with Crippen molar-refractivity contribution in [2.45, 2.75) is 65.5 Å². The average Bonchev–Trinajstić information content (AvgIpc) is 2.31. The Morgan fingerprint density at radius 3 is 2.60 bits per heavy atom. The van der Waals surface area contributed by atoms with Crippen LogP contribution in [0.1, 0.15) is 53.4 Å². The molecule has 2 nitrogen and oxygen atoms in total. The van der Waals surface area contributed by atoms with Crippen molar-refractivity contribution in [1.29, 1.82) is 0 Å². The van der Waals surface area contributed by atoms with Gasteiger partial charge < -0.3 is 10.6 Å². The zero-order chi connectivity index (χ0) is 11.5. The van der Waals surface area contributed by atoms with E-state index >= 15 is 0 Å². The van der Waals surface area contributed by atoms with E-state index in [-0.39, 0.29) is 11.5 Å². The van der Waals surface area contributed by atoms with E-state index in [4.69, 9.17) is 5.73 Å². The van der Waals surface area contributed by atoms with E-state index < -0.39 is 0 Å². The van der Waals surface area contributed by atoms with Gasteiger partial charge in [-0.05, 0) is 38.6 Å². The van der Waals surface area contributed by atoms with Crippen molar-refractivity contribution in [3.8, 4) is 0 Å². The fourth-order valence-corrected chi connectivity index (χ4v) is 2.24. The van der Waals surface area contributed by atoms with Crippen molar-refractivity contribution in [1.82, 2.24) is 4.90 Å². The van der Waals surface area contributed by atoms with E-state index in [2.05, 4.69) is 32.6 Å². The molecule has 0 saturated carbocycles. The standard InChI is InChI=1S/C13H28N2/c1-11-8-6-5-7-9-15(11)10-13(3,4)12(2)14/h11-12H,5-10,14H2,1-4H3. The molecule has 1 heterocycles. The molecule has 2 N–H and O–H groups in total. The first kappa shape index (κ1) is 13.0. The summed E-state index contributed by atoms with van der Waals surface area (Å²) in [6.45, 7) is 11.5. The van der Waals surface area contributed by atoms with Gasteiger partial charge in [0.15, 0.2) is 0 Å². The summed E-state index contributed by atoms with van der Waals surface area (Å²) in [5.41, 5.74) is 6.28. The molecule has 0 aromatic rings. The highest BCUT2D eigenvalue weighted by atomic mass is 15.2. The molecule has 0 aliphatic carbocycles. The largest absolute Gasteiger partial charge is 0.327 e. The second-order valence-electron chi connectivity index (χ2n) is 5.95. The fourth-order valence-electron chi connectivity index (χ4n) is 2.24. The predicted octanol–water partition coefficient (Wildman–Crippen LogP) is 2.62. The van der Waals surface area contributed by atoms with Crippen LogP contribution in [0.5, 0.6) is 0 Å². The molecule has 1 fully saturated rings. The van der Waals surface area contributed by atoms with Gasteiger partial charge in [-0.15, -0.1) is 0 Å². The number of rotatable bonds is 3. The van der Waals surface area contributed by atoms with E-state index in [1.807, 2.05) is 0 Å². The van der Waals surface area contributed by atoms with E-state index in [0.717, 1.165) is 12.6 Å². The van der Waals surface area contributed by atoms with E-state index in [9.17, 15) is 0 Å². The molecule has 0 spiro atoms. The number of likely N-dealkylation sites (tertiary alicyclic amines) is 1. The number of hydrogen-bond donors (Lipinski definition) is 1. The van der Waals surface area contributed by atoms with Gasteiger partial charge in [-0.1, -0.05) is 26.7 Å². The van der Waals surface area contributed by atoms with Crippen LogP contribution < -0.4 is 5.73 Å². The van der Waals surface area contributed by atoms with E-state index in [1.54, 1.807) is 0 Å². The third-order valence-electron chi connectivity index (χ3n) is 4.03. The lowest BCUT2D eigenvalue weighted by Crippen LogP contribution is -2.46. The SMILES string of the molecule is CC1CCCCCN1CC(C)(C)C(C)N. The summed E-state index contributed by atoms with van der Waals surface area (Å²) in [6, 6.07) is 1.01. The molecule has 1 aliphatic heterocycles. The molecule has 0 radical (unpaired) electrons. The highest BCUT2D eigenvalue weighted by molar-refractivity contribution is 4.84. The average molecular weight is 212 g/mol. The Labute approximate surface area is 95.2 Å².